The van der Waals surface area contributed by atoms with Gasteiger partial charge in [-0.3, -0.25) is 19.4 Å². The largest absolute Gasteiger partial charge is 0.347 e. The number of carbonyl (C=O) groups excluding carboxylic acids is 2. The zero-order valence-corrected chi connectivity index (χ0v) is 21.1. The van der Waals surface area contributed by atoms with E-state index in [4.69, 9.17) is 0 Å². The van der Waals surface area contributed by atoms with E-state index in [1.54, 1.807) is 11.3 Å². The number of para-hydroxylation sites is 1. The summed E-state index contributed by atoms with van der Waals surface area (Å²) in [5.41, 5.74) is 3.10. The number of hydrogen-bond acceptors (Lipinski definition) is 7. The second-order valence-electron chi connectivity index (χ2n) is 9.10. The van der Waals surface area contributed by atoms with Gasteiger partial charge in [0.25, 0.3) is 0 Å². The monoisotopic (exact) mass is 484 g/mol. The number of anilines is 2. The Hall–Kier alpha value is -2.49. The van der Waals surface area contributed by atoms with Crippen LogP contribution in [0.25, 0.3) is 0 Å². The Balaban J connectivity index is 1.19. The molecule has 1 N–H and O–H groups in total. The Morgan fingerprint density at radius 3 is 2.44 bits per heavy atom. The van der Waals surface area contributed by atoms with Crippen LogP contribution in [0.5, 0.6) is 0 Å². The predicted octanol–water partition coefficient (Wildman–Crippen LogP) is 2.31. The summed E-state index contributed by atoms with van der Waals surface area (Å²) in [5.74, 6) is 0.199. The molecule has 184 valence electrons. The van der Waals surface area contributed by atoms with Crippen molar-refractivity contribution in [3.05, 3.63) is 40.9 Å². The third-order valence-corrected chi connectivity index (χ3v) is 7.61. The highest BCUT2D eigenvalue weighted by atomic mass is 32.1. The first-order valence-electron chi connectivity index (χ1n) is 12.3. The van der Waals surface area contributed by atoms with Gasteiger partial charge in [0.1, 0.15) is 0 Å². The first kappa shape index (κ1) is 24.6. The first-order valence-corrected chi connectivity index (χ1v) is 13.2. The van der Waals surface area contributed by atoms with Crippen molar-refractivity contribution in [1.29, 1.82) is 0 Å². The van der Waals surface area contributed by atoms with Gasteiger partial charge in [0.15, 0.2) is 5.13 Å². The van der Waals surface area contributed by atoms with Crippen LogP contribution < -0.4 is 10.2 Å². The molecule has 4 rings (SSSR count). The van der Waals surface area contributed by atoms with Gasteiger partial charge >= 0.3 is 0 Å². The van der Waals surface area contributed by atoms with Crippen molar-refractivity contribution >= 4 is 34.0 Å². The van der Waals surface area contributed by atoms with Gasteiger partial charge in [-0.2, -0.15) is 0 Å². The number of carbonyl (C=O) groups is 2. The minimum atomic E-state index is 0.00483. The van der Waals surface area contributed by atoms with Gasteiger partial charge < -0.3 is 15.1 Å². The molecular formula is C25H36N6O2S. The number of amides is 2. The topological polar surface area (TPSA) is 72.0 Å². The van der Waals surface area contributed by atoms with Crippen molar-refractivity contribution in [1.82, 2.24) is 19.7 Å². The summed E-state index contributed by atoms with van der Waals surface area (Å²) in [5, 5.41) is 6.22. The van der Waals surface area contributed by atoms with Crippen molar-refractivity contribution in [3.63, 3.8) is 0 Å². The number of thiazole rings is 1. The van der Waals surface area contributed by atoms with E-state index in [0.717, 1.165) is 74.2 Å². The maximum absolute atomic E-state index is 12.9. The summed E-state index contributed by atoms with van der Waals surface area (Å²) < 4.78 is 0. The van der Waals surface area contributed by atoms with E-state index in [-0.39, 0.29) is 11.8 Å². The molecule has 8 nitrogen and oxygen atoms in total. The van der Waals surface area contributed by atoms with Gasteiger partial charge in [-0.15, -0.1) is 11.3 Å². The molecule has 2 aromatic rings. The fourth-order valence-electron chi connectivity index (χ4n) is 4.60. The quantitative estimate of drug-likeness (QED) is 0.650. The van der Waals surface area contributed by atoms with E-state index in [0.29, 0.717) is 26.2 Å². The Labute approximate surface area is 206 Å². The van der Waals surface area contributed by atoms with Gasteiger partial charge in [0, 0.05) is 63.4 Å². The third-order valence-electron chi connectivity index (χ3n) is 6.59. The Morgan fingerprint density at radius 1 is 0.971 bits per heavy atom. The zero-order chi connectivity index (χ0) is 23.9. The lowest BCUT2D eigenvalue weighted by molar-refractivity contribution is -0.134. The molecule has 2 saturated heterocycles. The van der Waals surface area contributed by atoms with E-state index in [1.165, 1.54) is 0 Å². The summed E-state index contributed by atoms with van der Waals surface area (Å²) in [7, 11) is 0. The average Bonchev–Trinajstić information content (AvgIpc) is 3.14. The highest BCUT2D eigenvalue weighted by Crippen LogP contribution is 2.21. The Kier molecular flexibility index (Phi) is 8.53. The molecule has 2 amide bonds. The van der Waals surface area contributed by atoms with Gasteiger partial charge in [0.05, 0.1) is 18.8 Å². The highest BCUT2D eigenvalue weighted by Gasteiger charge is 2.25. The third kappa shape index (κ3) is 6.55. The van der Waals surface area contributed by atoms with Gasteiger partial charge in [-0.1, -0.05) is 25.1 Å². The van der Waals surface area contributed by atoms with Crippen LogP contribution in [0.3, 0.4) is 0 Å². The van der Waals surface area contributed by atoms with Gasteiger partial charge in [0.2, 0.25) is 11.8 Å². The van der Waals surface area contributed by atoms with Crippen LogP contribution in [0.2, 0.25) is 0 Å². The van der Waals surface area contributed by atoms with E-state index in [1.807, 2.05) is 36.1 Å². The van der Waals surface area contributed by atoms with Crippen molar-refractivity contribution in [3.8, 4) is 0 Å². The lowest BCUT2D eigenvalue weighted by Crippen LogP contribution is -2.52. The molecule has 9 heteroatoms. The number of rotatable bonds is 7. The molecule has 0 saturated carbocycles. The number of aromatic nitrogens is 1. The Morgan fingerprint density at radius 2 is 1.71 bits per heavy atom. The Bertz CT molecular complexity index is 972. The maximum Gasteiger partial charge on any atom is 0.238 e. The zero-order valence-electron chi connectivity index (χ0n) is 20.3. The summed E-state index contributed by atoms with van der Waals surface area (Å²) in [6.45, 7) is 11.5. The molecule has 0 unspecified atom stereocenters. The molecule has 0 spiro atoms. The number of aryl methyl sites for hydroxylation is 2. The highest BCUT2D eigenvalue weighted by molar-refractivity contribution is 7.13. The summed E-state index contributed by atoms with van der Waals surface area (Å²) in [4.78, 5) is 38.8. The molecule has 3 heterocycles. The molecule has 2 aliphatic rings. The molecule has 1 aromatic carbocycles. The fourth-order valence-corrected chi connectivity index (χ4v) is 5.45. The summed E-state index contributed by atoms with van der Waals surface area (Å²) in [6.07, 6.45) is 1.92. The molecule has 2 fully saturated rings. The van der Waals surface area contributed by atoms with Crippen LogP contribution >= 0.6 is 11.3 Å². The number of benzene rings is 1. The van der Waals surface area contributed by atoms with Crippen LogP contribution in [-0.2, 0) is 16.0 Å². The van der Waals surface area contributed by atoms with Crippen LogP contribution in [0.4, 0.5) is 10.8 Å². The van der Waals surface area contributed by atoms with Crippen LogP contribution in [0.15, 0.2) is 29.6 Å². The minimum absolute atomic E-state index is 0.00483. The molecule has 0 aliphatic carbocycles. The normalized spacial score (nSPS) is 18.1. The molecule has 0 radical (unpaired) electrons. The molecule has 0 bridgehead atoms. The average molecular weight is 485 g/mol. The number of piperazine rings is 1. The van der Waals surface area contributed by atoms with Crippen molar-refractivity contribution in [2.45, 2.75) is 26.7 Å². The second-order valence-corrected chi connectivity index (χ2v) is 9.94. The SMILES string of the molecule is CCc1ccccc1NC(=O)CN1CCN(C(=O)CN2CCCN(c3nc(C)cs3)CC2)CC1. The van der Waals surface area contributed by atoms with Crippen LogP contribution in [0.1, 0.15) is 24.6 Å². The lowest BCUT2D eigenvalue weighted by atomic mass is 10.1. The van der Waals surface area contributed by atoms with E-state index >= 15 is 0 Å². The van der Waals surface area contributed by atoms with E-state index in [9.17, 15) is 9.59 Å². The lowest BCUT2D eigenvalue weighted by Gasteiger charge is -2.35. The maximum atomic E-state index is 12.9. The van der Waals surface area contributed by atoms with Gasteiger partial charge in [-0.05, 0) is 31.4 Å². The van der Waals surface area contributed by atoms with Crippen molar-refractivity contribution < 1.29 is 9.59 Å². The van der Waals surface area contributed by atoms with Gasteiger partial charge in [-0.25, -0.2) is 4.98 Å². The fraction of sp³-hybridized carbons (Fsp3) is 0.560. The summed E-state index contributed by atoms with van der Waals surface area (Å²) >= 11 is 1.70. The number of nitrogens with one attached hydrogen (secondary N) is 1. The summed E-state index contributed by atoms with van der Waals surface area (Å²) in [6, 6.07) is 7.93. The second kappa shape index (κ2) is 11.8. The van der Waals surface area contributed by atoms with E-state index in [2.05, 4.69) is 37.3 Å². The van der Waals surface area contributed by atoms with Crippen LogP contribution in [-0.4, -0.2) is 96.9 Å². The molecular weight excluding hydrogens is 448 g/mol. The molecule has 1 aromatic heterocycles. The smallest absolute Gasteiger partial charge is 0.238 e. The molecule has 0 atom stereocenters. The van der Waals surface area contributed by atoms with Crippen molar-refractivity contribution in [2.75, 3.05) is 75.7 Å². The minimum Gasteiger partial charge on any atom is -0.347 e. The van der Waals surface area contributed by atoms with Crippen LogP contribution in [0, 0.1) is 6.92 Å². The molecule has 2 aliphatic heterocycles. The first-order chi connectivity index (χ1) is 16.5. The molecule has 34 heavy (non-hydrogen) atoms. The van der Waals surface area contributed by atoms with Crippen molar-refractivity contribution in [2.24, 2.45) is 0 Å². The number of nitrogens with zero attached hydrogens (tertiary/aromatic N) is 5. The number of hydrogen-bond donors (Lipinski definition) is 1. The predicted molar refractivity (Wildman–Crippen MR) is 138 cm³/mol. The van der Waals surface area contributed by atoms with E-state index < -0.39 is 0 Å². The standard InChI is InChI=1S/C25H36N6O2S/c1-3-21-7-4-5-8-22(21)27-23(32)17-29-11-14-30(15-12-29)24(33)18-28-9-6-10-31(16-13-28)25-26-20(2)19-34-25/h4-5,7-8,19H,3,6,9-18H2,1-2H3,(H,27,32).